The van der Waals surface area contributed by atoms with Crippen LogP contribution in [-0.2, 0) is 15.8 Å². The number of carbonyl (C=O) groups excluding carboxylic acids is 2. The molecule has 2 aromatic rings. The van der Waals surface area contributed by atoms with Crippen molar-refractivity contribution < 1.29 is 27.9 Å². The number of alkyl halides is 3. The third-order valence-corrected chi connectivity index (χ3v) is 6.19. The van der Waals surface area contributed by atoms with E-state index in [4.69, 9.17) is 0 Å². The van der Waals surface area contributed by atoms with Gasteiger partial charge in [0.05, 0.1) is 18.0 Å². The first-order chi connectivity index (χ1) is 16.6. The van der Waals surface area contributed by atoms with Crippen molar-refractivity contribution >= 4 is 23.2 Å². The predicted molar refractivity (Wildman–Crippen MR) is 128 cm³/mol. The highest BCUT2D eigenvalue weighted by molar-refractivity contribution is 5.93. The van der Waals surface area contributed by atoms with Crippen LogP contribution in [0.25, 0.3) is 0 Å². The molecule has 2 aromatic carbocycles. The summed E-state index contributed by atoms with van der Waals surface area (Å²) in [5.41, 5.74) is 0.365. The Balaban J connectivity index is 1.47. The van der Waals surface area contributed by atoms with Gasteiger partial charge in [0, 0.05) is 44.6 Å². The maximum absolute atomic E-state index is 13.0. The van der Waals surface area contributed by atoms with Crippen LogP contribution in [0.3, 0.4) is 0 Å². The molecule has 2 amide bonds. The highest BCUT2D eigenvalue weighted by Crippen LogP contribution is 2.31. The Kier molecular flexibility index (Phi) is 8.61. The Morgan fingerprint density at radius 3 is 2.51 bits per heavy atom. The molecule has 0 bridgehead atoms. The minimum Gasteiger partial charge on any atom is -0.508 e. The van der Waals surface area contributed by atoms with Crippen molar-refractivity contribution in [3.05, 3.63) is 54.1 Å². The summed E-state index contributed by atoms with van der Waals surface area (Å²) in [6, 6.07) is 11.4. The number of amides is 2. The number of aromatic hydroxyl groups is 1. The van der Waals surface area contributed by atoms with E-state index in [-0.39, 0.29) is 30.0 Å². The van der Waals surface area contributed by atoms with Crippen molar-refractivity contribution in [1.82, 2.24) is 9.80 Å². The Labute approximate surface area is 203 Å². The third-order valence-electron chi connectivity index (χ3n) is 6.19. The molecule has 1 aliphatic heterocycles. The summed E-state index contributed by atoms with van der Waals surface area (Å²) in [4.78, 5) is 30.5. The monoisotopic (exact) mass is 492 g/mol. The summed E-state index contributed by atoms with van der Waals surface area (Å²) in [5, 5.41) is 12.2. The van der Waals surface area contributed by atoms with Crippen LogP contribution >= 0.6 is 0 Å². The number of hydrogen-bond donors (Lipinski definition) is 2. The number of likely N-dealkylation sites (N-methyl/N-ethyl adjacent to an activating group) is 2. The average Bonchev–Trinajstić information content (AvgIpc) is 3.29. The fourth-order valence-electron chi connectivity index (χ4n) is 4.04. The van der Waals surface area contributed by atoms with Crippen LogP contribution in [0.4, 0.5) is 24.5 Å². The first kappa shape index (κ1) is 26.3. The summed E-state index contributed by atoms with van der Waals surface area (Å²) >= 11 is 0. The van der Waals surface area contributed by atoms with Gasteiger partial charge >= 0.3 is 6.18 Å². The highest BCUT2D eigenvalue weighted by atomic mass is 19.4. The van der Waals surface area contributed by atoms with Crippen molar-refractivity contribution in [2.24, 2.45) is 5.92 Å². The molecule has 2 N–H and O–H groups in total. The van der Waals surface area contributed by atoms with Gasteiger partial charge in [0.2, 0.25) is 11.8 Å². The molecule has 0 saturated carbocycles. The lowest BCUT2D eigenvalue weighted by Crippen LogP contribution is -2.41. The van der Waals surface area contributed by atoms with Gasteiger partial charge in [0.15, 0.2) is 0 Å². The van der Waals surface area contributed by atoms with Crippen LogP contribution < -0.4 is 10.2 Å². The highest BCUT2D eigenvalue weighted by Gasteiger charge is 2.31. The van der Waals surface area contributed by atoms with Gasteiger partial charge in [-0.15, -0.1) is 0 Å². The quantitative estimate of drug-likeness (QED) is 0.523. The molecule has 10 heteroatoms. The number of phenols is 1. The zero-order valence-electron chi connectivity index (χ0n) is 19.9. The van der Waals surface area contributed by atoms with E-state index < -0.39 is 11.7 Å². The van der Waals surface area contributed by atoms with E-state index in [1.54, 1.807) is 35.0 Å². The maximum atomic E-state index is 13.0. The molecule has 35 heavy (non-hydrogen) atoms. The molecule has 1 heterocycles. The standard InChI is InChI=1S/C25H31F3N4O3/c1-3-32(21-6-4-5-19(15-21)25(26,27)28)14-13-30(2)23(34)17-31-12-11-18(16-31)24(35)29-20-7-9-22(33)10-8-20/h4-10,15,18,33H,3,11-14,16-17H2,1-2H3,(H,29,35)/t18-/m1/s1. The molecule has 190 valence electrons. The number of halogens is 3. The van der Waals surface area contributed by atoms with Crippen molar-refractivity contribution in [2.75, 3.05) is 56.5 Å². The molecule has 0 aromatic heterocycles. The van der Waals surface area contributed by atoms with Gasteiger partial charge in [-0.25, -0.2) is 0 Å². The van der Waals surface area contributed by atoms with Crippen LogP contribution in [-0.4, -0.2) is 73.0 Å². The number of nitrogens with zero attached hydrogens (tertiary/aromatic N) is 3. The summed E-state index contributed by atoms with van der Waals surface area (Å²) in [7, 11) is 1.67. The van der Waals surface area contributed by atoms with Gasteiger partial charge in [-0.1, -0.05) is 6.07 Å². The maximum Gasteiger partial charge on any atom is 0.416 e. The minimum atomic E-state index is -4.41. The van der Waals surface area contributed by atoms with Gasteiger partial charge in [-0.3, -0.25) is 14.5 Å². The zero-order valence-corrected chi connectivity index (χ0v) is 19.9. The van der Waals surface area contributed by atoms with Gasteiger partial charge in [-0.2, -0.15) is 13.2 Å². The largest absolute Gasteiger partial charge is 0.508 e. The second-order valence-electron chi connectivity index (χ2n) is 8.70. The number of rotatable bonds is 9. The number of anilines is 2. The van der Waals surface area contributed by atoms with E-state index in [9.17, 15) is 27.9 Å². The van der Waals surface area contributed by atoms with E-state index >= 15 is 0 Å². The molecule has 1 saturated heterocycles. The zero-order chi connectivity index (χ0) is 25.6. The molecule has 3 rings (SSSR count). The molecule has 1 aliphatic rings. The molecule has 0 spiro atoms. The molecule has 0 aliphatic carbocycles. The van der Waals surface area contributed by atoms with Gasteiger partial charge < -0.3 is 20.2 Å². The lowest BCUT2D eigenvalue weighted by molar-refractivity contribution is -0.137. The number of benzene rings is 2. The van der Waals surface area contributed by atoms with E-state index in [1.165, 1.54) is 18.2 Å². The number of carbonyl (C=O) groups is 2. The van der Waals surface area contributed by atoms with Crippen LogP contribution in [0, 0.1) is 5.92 Å². The average molecular weight is 493 g/mol. The fraction of sp³-hybridized carbons (Fsp3) is 0.440. The number of nitrogens with one attached hydrogen (secondary N) is 1. The number of hydrogen-bond acceptors (Lipinski definition) is 5. The number of likely N-dealkylation sites (tertiary alicyclic amines) is 1. The smallest absolute Gasteiger partial charge is 0.416 e. The Hall–Kier alpha value is -3.27. The Bertz CT molecular complexity index is 1010. The van der Waals surface area contributed by atoms with E-state index in [0.717, 1.165) is 12.1 Å². The fourth-order valence-corrected chi connectivity index (χ4v) is 4.04. The Morgan fingerprint density at radius 2 is 1.86 bits per heavy atom. The second-order valence-corrected chi connectivity index (χ2v) is 8.70. The first-order valence-electron chi connectivity index (χ1n) is 11.5. The van der Waals surface area contributed by atoms with Gasteiger partial charge in [0.1, 0.15) is 5.75 Å². The lowest BCUT2D eigenvalue weighted by atomic mass is 10.1. The van der Waals surface area contributed by atoms with E-state index in [0.29, 0.717) is 50.5 Å². The van der Waals surface area contributed by atoms with Crippen molar-refractivity contribution in [3.63, 3.8) is 0 Å². The van der Waals surface area contributed by atoms with Gasteiger partial charge in [-0.05, 0) is 62.4 Å². The predicted octanol–water partition coefficient (Wildman–Crippen LogP) is 3.66. The second kappa shape index (κ2) is 11.4. The summed E-state index contributed by atoms with van der Waals surface area (Å²) < 4.78 is 39.1. The van der Waals surface area contributed by atoms with Crippen molar-refractivity contribution in [1.29, 1.82) is 0 Å². The molecule has 0 radical (unpaired) electrons. The SMILES string of the molecule is CCN(CCN(C)C(=O)CN1CC[C@@H](C(=O)Nc2ccc(O)cc2)C1)c1cccc(C(F)(F)F)c1. The van der Waals surface area contributed by atoms with Crippen molar-refractivity contribution in [2.45, 2.75) is 19.5 Å². The van der Waals surface area contributed by atoms with E-state index in [1.807, 2.05) is 11.8 Å². The normalized spacial score (nSPS) is 16.2. The molecule has 1 fully saturated rings. The van der Waals surface area contributed by atoms with Crippen LogP contribution in [0.2, 0.25) is 0 Å². The summed E-state index contributed by atoms with van der Waals surface area (Å²) in [6.45, 7) is 4.39. The van der Waals surface area contributed by atoms with Crippen molar-refractivity contribution in [3.8, 4) is 5.75 Å². The summed E-state index contributed by atoms with van der Waals surface area (Å²) in [5.74, 6) is -0.351. The van der Waals surface area contributed by atoms with Gasteiger partial charge in [0.25, 0.3) is 0 Å². The van der Waals surface area contributed by atoms with Crippen LogP contribution in [0.15, 0.2) is 48.5 Å². The lowest BCUT2D eigenvalue weighted by Gasteiger charge is -2.28. The number of phenolic OH excluding ortho intramolecular Hbond substituents is 1. The molecule has 7 nitrogen and oxygen atoms in total. The van der Waals surface area contributed by atoms with E-state index in [2.05, 4.69) is 5.32 Å². The molecular weight excluding hydrogens is 461 g/mol. The first-order valence-corrected chi connectivity index (χ1v) is 11.5. The molecule has 1 atom stereocenters. The molecule has 0 unspecified atom stereocenters. The third kappa shape index (κ3) is 7.35. The van der Waals surface area contributed by atoms with Crippen LogP contribution in [0.5, 0.6) is 5.75 Å². The minimum absolute atomic E-state index is 0.107. The summed E-state index contributed by atoms with van der Waals surface area (Å²) in [6.07, 6.45) is -3.77. The molecular formula is C25H31F3N4O3. The van der Waals surface area contributed by atoms with Crippen LogP contribution in [0.1, 0.15) is 18.9 Å². The topological polar surface area (TPSA) is 76.1 Å². The Morgan fingerprint density at radius 1 is 1.14 bits per heavy atom.